The highest BCUT2D eigenvalue weighted by atomic mass is 16.6. The highest BCUT2D eigenvalue weighted by Gasteiger charge is 2.51. The molecule has 3 aliphatic heterocycles. The van der Waals surface area contributed by atoms with Crippen molar-refractivity contribution in [3.63, 3.8) is 0 Å². The minimum Gasteiger partial charge on any atom is -0.450 e. The highest BCUT2D eigenvalue weighted by Crippen LogP contribution is 2.51. The van der Waals surface area contributed by atoms with Crippen LogP contribution in [0.1, 0.15) is 58.8 Å². The second kappa shape index (κ2) is 8.70. The van der Waals surface area contributed by atoms with E-state index in [4.69, 9.17) is 9.47 Å². The fraction of sp³-hybridized carbons (Fsp3) is 0.909. The zero-order chi connectivity index (χ0) is 20.4. The number of piperidine rings is 1. The third kappa shape index (κ3) is 4.21. The number of carbonyl (C=O) groups is 2. The topological polar surface area (TPSA) is 62.3 Å². The van der Waals surface area contributed by atoms with Crippen LogP contribution in [0.2, 0.25) is 0 Å². The molecule has 1 atom stereocenters. The molecule has 2 amide bonds. The Hall–Kier alpha value is -1.50. The molecule has 4 rings (SSSR count). The van der Waals surface area contributed by atoms with Crippen LogP contribution in [0, 0.1) is 11.3 Å². The number of nitrogens with zero attached hydrogens (tertiary/aromatic N) is 3. The molecule has 3 heterocycles. The van der Waals surface area contributed by atoms with Crippen LogP contribution >= 0.6 is 0 Å². The lowest BCUT2D eigenvalue weighted by molar-refractivity contribution is -0.0158. The molecule has 0 radical (unpaired) electrons. The molecule has 1 aliphatic carbocycles. The molecular weight excluding hydrogens is 370 g/mol. The summed E-state index contributed by atoms with van der Waals surface area (Å²) in [6.07, 6.45) is 7.87. The summed E-state index contributed by atoms with van der Waals surface area (Å²) in [6.45, 7) is 9.50. The third-order valence-corrected chi connectivity index (χ3v) is 7.74. The first-order valence-corrected chi connectivity index (χ1v) is 11.6. The van der Waals surface area contributed by atoms with E-state index >= 15 is 0 Å². The fourth-order valence-electron chi connectivity index (χ4n) is 6.22. The van der Waals surface area contributed by atoms with Crippen molar-refractivity contribution in [3.05, 3.63) is 0 Å². The largest absolute Gasteiger partial charge is 0.450 e. The maximum absolute atomic E-state index is 12.2. The predicted molar refractivity (Wildman–Crippen MR) is 110 cm³/mol. The van der Waals surface area contributed by atoms with Gasteiger partial charge in [0.15, 0.2) is 0 Å². The molecule has 0 aromatic carbocycles. The van der Waals surface area contributed by atoms with Gasteiger partial charge in [-0.3, -0.25) is 0 Å². The van der Waals surface area contributed by atoms with E-state index in [0.29, 0.717) is 36.6 Å². The summed E-state index contributed by atoms with van der Waals surface area (Å²) in [7, 11) is 0. The molecular formula is C22H37N3O4. The molecule has 29 heavy (non-hydrogen) atoms. The van der Waals surface area contributed by atoms with Crippen molar-refractivity contribution in [2.75, 3.05) is 45.9 Å². The molecule has 7 heteroatoms. The molecule has 1 spiro atoms. The Kier molecular flexibility index (Phi) is 6.23. The second-order valence-corrected chi connectivity index (χ2v) is 9.41. The van der Waals surface area contributed by atoms with Crippen molar-refractivity contribution in [2.24, 2.45) is 11.3 Å². The Balaban J connectivity index is 1.22. The normalized spacial score (nSPS) is 33.2. The van der Waals surface area contributed by atoms with Gasteiger partial charge >= 0.3 is 12.2 Å². The van der Waals surface area contributed by atoms with Gasteiger partial charge in [-0.25, -0.2) is 9.59 Å². The Morgan fingerprint density at radius 2 is 1.62 bits per heavy atom. The smallest absolute Gasteiger partial charge is 0.410 e. The summed E-state index contributed by atoms with van der Waals surface area (Å²) in [6, 6.07) is 1.04. The van der Waals surface area contributed by atoms with E-state index in [0.717, 1.165) is 52.0 Å². The van der Waals surface area contributed by atoms with Crippen LogP contribution < -0.4 is 0 Å². The van der Waals surface area contributed by atoms with Gasteiger partial charge in [-0.05, 0) is 83.2 Å². The molecule has 7 nitrogen and oxygen atoms in total. The lowest BCUT2D eigenvalue weighted by Crippen LogP contribution is -2.55. The Labute approximate surface area is 174 Å². The van der Waals surface area contributed by atoms with Crippen molar-refractivity contribution in [1.29, 1.82) is 0 Å². The van der Waals surface area contributed by atoms with Crippen LogP contribution in [-0.4, -0.2) is 84.9 Å². The maximum atomic E-state index is 12.2. The standard InChI is InChI=1S/C22H37N3O4/c1-3-28-20(26)24-13-9-22(16-24)14-18(15-22)23-11-7-17(8-12-23)19-6-5-10-25(19)21(27)29-4-2/h17-19H,3-16H2,1-2H3. The summed E-state index contributed by atoms with van der Waals surface area (Å²) in [5.74, 6) is 0.609. The lowest BCUT2D eigenvalue weighted by atomic mass is 9.64. The minimum atomic E-state index is -0.142. The summed E-state index contributed by atoms with van der Waals surface area (Å²) in [5.41, 5.74) is 0.334. The van der Waals surface area contributed by atoms with Crippen molar-refractivity contribution >= 4 is 12.2 Å². The first-order valence-electron chi connectivity index (χ1n) is 11.6. The zero-order valence-electron chi connectivity index (χ0n) is 18.1. The number of ether oxygens (including phenoxy) is 2. The van der Waals surface area contributed by atoms with Crippen LogP contribution in [0.3, 0.4) is 0 Å². The molecule has 1 saturated carbocycles. The molecule has 1 unspecified atom stereocenters. The molecule has 4 fully saturated rings. The molecule has 0 bridgehead atoms. The highest BCUT2D eigenvalue weighted by molar-refractivity contribution is 5.68. The van der Waals surface area contributed by atoms with Gasteiger partial charge in [-0.2, -0.15) is 0 Å². The van der Waals surface area contributed by atoms with E-state index in [1.165, 1.54) is 25.7 Å². The molecule has 4 aliphatic rings. The second-order valence-electron chi connectivity index (χ2n) is 9.41. The molecule has 164 valence electrons. The summed E-state index contributed by atoms with van der Waals surface area (Å²) < 4.78 is 10.4. The van der Waals surface area contributed by atoms with Gasteiger partial charge in [0.05, 0.1) is 13.2 Å². The van der Waals surface area contributed by atoms with Gasteiger partial charge in [0.2, 0.25) is 0 Å². The average molecular weight is 408 g/mol. The van der Waals surface area contributed by atoms with E-state index in [9.17, 15) is 9.59 Å². The Morgan fingerprint density at radius 1 is 0.931 bits per heavy atom. The van der Waals surface area contributed by atoms with Crippen molar-refractivity contribution < 1.29 is 19.1 Å². The zero-order valence-corrected chi connectivity index (χ0v) is 18.1. The van der Waals surface area contributed by atoms with E-state index < -0.39 is 0 Å². The summed E-state index contributed by atoms with van der Waals surface area (Å²) in [4.78, 5) is 30.8. The molecule has 0 N–H and O–H groups in total. The van der Waals surface area contributed by atoms with E-state index in [2.05, 4.69) is 4.90 Å². The summed E-state index contributed by atoms with van der Waals surface area (Å²) in [5, 5.41) is 0. The van der Waals surface area contributed by atoms with Gasteiger partial charge in [-0.1, -0.05) is 0 Å². The van der Waals surface area contributed by atoms with Gasteiger partial charge in [-0.15, -0.1) is 0 Å². The number of amides is 2. The van der Waals surface area contributed by atoms with Crippen LogP contribution in [0.15, 0.2) is 0 Å². The third-order valence-electron chi connectivity index (χ3n) is 7.74. The Bertz CT molecular complexity index is 599. The van der Waals surface area contributed by atoms with Gasteiger partial charge in [0, 0.05) is 31.7 Å². The van der Waals surface area contributed by atoms with E-state index in [1.54, 1.807) is 0 Å². The lowest BCUT2D eigenvalue weighted by Gasteiger charge is -2.52. The van der Waals surface area contributed by atoms with Gasteiger partial charge < -0.3 is 24.2 Å². The quantitative estimate of drug-likeness (QED) is 0.715. The first-order chi connectivity index (χ1) is 14.0. The number of hydrogen-bond acceptors (Lipinski definition) is 5. The SMILES string of the molecule is CCOC(=O)N1CCC2(CC(N3CCC(C4CCCN4C(=O)OCC)CC3)C2)C1. The predicted octanol–water partition coefficient (Wildman–Crippen LogP) is 3.33. The fourth-order valence-corrected chi connectivity index (χ4v) is 6.22. The van der Waals surface area contributed by atoms with Crippen LogP contribution in [-0.2, 0) is 9.47 Å². The molecule has 0 aromatic rings. The van der Waals surface area contributed by atoms with Crippen molar-refractivity contribution in [2.45, 2.75) is 70.9 Å². The Morgan fingerprint density at radius 3 is 2.31 bits per heavy atom. The molecule has 0 aromatic heterocycles. The number of hydrogen-bond donors (Lipinski definition) is 0. The number of carbonyl (C=O) groups excluding carboxylic acids is 2. The minimum absolute atomic E-state index is 0.120. The first kappa shape index (κ1) is 20.8. The maximum Gasteiger partial charge on any atom is 0.410 e. The van der Waals surface area contributed by atoms with Crippen LogP contribution in [0.5, 0.6) is 0 Å². The molecule has 3 saturated heterocycles. The van der Waals surface area contributed by atoms with Crippen molar-refractivity contribution in [3.8, 4) is 0 Å². The van der Waals surface area contributed by atoms with Gasteiger partial charge in [0.1, 0.15) is 0 Å². The summed E-state index contributed by atoms with van der Waals surface area (Å²) >= 11 is 0. The monoisotopic (exact) mass is 407 g/mol. The van der Waals surface area contributed by atoms with E-state index in [1.807, 2.05) is 23.6 Å². The average Bonchev–Trinajstić information content (AvgIpc) is 3.35. The number of likely N-dealkylation sites (tertiary alicyclic amines) is 3. The van der Waals surface area contributed by atoms with Crippen molar-refractivity contribution in [1.82, 2.24) is 14.7 Å². The van der Waals surface area contributed by atoms with E-state index in [-0.39, 0.29) is 12.2 Å². The van der Waals surface area contributed by atoms with Crippen LogP contribution in [0.25, 0.3) is 0 Å². The number of rotatable bonds is 4. The van der Waals surface area contributed by atoms with Crippen LogP contribution in [0.4, 0.5) is 9.59 Å². The van der Waals surface area contributed by atoms with Gasteiger partial charge in [0.25, 0.3) is 0 Å².